The molecule has 2 aromatic rings. The predicted molar refractivity (Wildman–Crippen MR) is 89.3 cm³/mol. The molecule has 0 N–H and O–H groups in total. The van der Waals surface area contributed by atoms with Gasteiger partial charge in [0.2, 0.25) is 0 Å². The van der Waals surface area contributed by atoms with Gasteiger partial charge in [-0.1, -0.05) is 25.0 Å². The molecule has 4 bridgehead atoms. The van der Waals surface area contributed by atoms with Crippen LogP contribution < -0.4 is 0 Å². The summed E-state index contributed by atoms with van der Waals surface area (Å²) in [5.41, 5.74) is 3.98. The van der Waals surface area contributed by atoms with Crippen LogP contribution in [0.2, 0.25) is 0 Å². The topological polar surface area (TPSA) is 16.4 Å². The van der Waals surface area contributed by atoms with Gasteiger partial charge in [0.1, 0.15) is 11.3 Å². The summed E-state index contributed by atoms with van der Waals surface area (Å²) >= 11 is 0. The summed E-state index contributed by atoms with van der Waals surface area (Å²) in [4.78, 5) is 2.80. The second-order valence-corrected chi connectivity index (χ2v) is 7.79. The van der Waals surface area contributed by atoms with Crippen LogP contribution in [0, 0.1) is 18.8 Å². The van der Waals surface area contributed by atoms with E-state index < -0.39 is 0 Å². The molecule has 4 aliphatic rings. The first-order valence-electron chi connectivity index (χ1n) is 9.00. The normalized spacial score (nSPS) is 36.4. The second-order valence-electron chi connectivity index (χ2n) is 7.79. The highest BCUT2D eigenvalue weighted by atomic mass is 16.3. The molecule has 5 unspecified atom stereocenters. The van der Waals surface area contributed by atoms with E-state index in [0.717, 1.165) is 23.5 Å². The maximum Gasteiger partial charge on any atom is 0.134 e. The lowest BCUT2D eigenvalue weighted by molar-refractivity contribution is -0.0169. The number of furan rings is 1. The van der Waals surface area contributed by atoms with E-state index >= 15 is 0 Å². The zero-order valence-electron chi connectivity index (χ0n) is 13.6. The fourth-order valence-corrected chi connectivity index (χ4v) is 5.65. The summed E-state index contributed by atoms with van der Waals surface area (Å²) in [6.07, 6.45) is 5.29. The average molecular weight is 295 g/mol. The number of nitrogens with zero attached hydrogens (tertiary/aromatic N) is 1. The van der Waals surface area contributed by atoms with E-state index in [9.17, 15) is 0 Å². The van der Waals surface area contributed by atoms with Crippen molar-refractivity contribution < 1.29 is 4.42 Å². The highest BCUT2D eigenvalue weighted by Gasteiger charge is 2.49. The van der Waals surface area contributed by atoms with Crippen LogP contribution >= 0.6 is 0 Å². The van der Waals surface area contributed by atoms with Crippen LogP contribution in [0.4, 0.5) is 0 Å². The van der Waals surface area contributed by atoms with Crippen molar-refractivity contribution >= 4 is 11.0 Å². The number of hydrogen-bond donors (Lipinski definition) is 0. The highest BCUT2D eigenvalue weighted by Crippen LogP contribution is 2.51. The van der Waals surface area contributed by atoms with Crippen molar-refractivity contribution in [3.8, 4) is 0 Å². The van der Waals surface area contributed by atoms with Crippen LogP contribution in [0.3, 0.4) is 0 Å². The quantitative estimate of drug-likeness (QED) is 0.770. The fourth-order valence-electron chi connectivity index (χ4n) is 5.65. The van der Waals surface area contributed by atoms with Crippen molar-refractivity contribution in [1.82, 2.24) is 4.90 Å². The van der Waals surface area contributed by atoms with Gasteiger partial charge in [0.15, 0.2) is 0 Å². The highest BCUT2D eigenvalue weighted by molar-refractivity contribution is 5.83. The van der Waals surface area contributed by atoms with Gasteiger partial charge < -0.3 is 4.42 Å². The molecule has 3 fully saturated rings. The third kappa shape index (κ3) is 1.70. The zero-order chi connectivity index (χ0) is 14.8. The number of hydrogen-bond acceptors (Lipinski definition) is 2. The standard InChI is InChI=1S/C20H25NO/c1-3-14-9-13-10-17-19(14)21(11-13)7-6-15-16-8-12(2)4-5-18(16)22-20(15)17/h4-5,8,13-14,17,19H,3,6-7,9-11H2,1-2H3. The molecule has 116 valence electrons. The van der Waals surface area contributed by atoms with E-state index in [1.54, 1.807) is 0 Å². The van der Waals surface area contributed by atoms with Gasteiger partial charge in [0.05, 0.1) is 0 Å². The van der Waals surface area contributed by atoms with Gasteiger partial charge >= 0.3 is 0 Å². The van der Waals surface area contributed by atoms with Gasteiger partial charge in [-0.15, -0.1) is 0 Å². The van der Waals surface area contributed by atoms with Gasteiger partial charge in [0, 0.05) is 36.0 Å². The van der Waals surface area contributed by atoms with Gasteiger partial charge in [-0.2, -0.15) is 0 Å². The minimum atomic E-state index is 0.641. The van der Waals surface area contributed by atoms with Crippen molar-refractivity contribution in [2.24, 2.45) is 11.8 Å². The van der Waals surface area contributed by atoms with E-state index in [1.807, 2.05) is 0 Å². The molecule has 6 rings (SSSR count). The Labute approximate surface area is 132 Å². The first-order valence-corrected chi connectivity index (χ1v) is 9.00. The van der Waals surface area contributed by atoms with Crippen LogP contribution in [-0.2, 0) is 6.42 Å². The number of rotatable bonds is 1. The summed E-state index contributed by atoms with van der Waals surface area (Å²) < 4.78 is 6.43. The van der Waals surface area contributed by atoms with E-state index in [1.165, 1.54) is 61.0 Å². The second kappa shape index (κ2) is 4.61. The van der Waals surface area contributed by atoms with Crippen molar-refractivity contribution in [3.63, 3.8) is 0 Å². The molecular formula is C20H25NO. The molecule has 0 spiro atoms. The van der Waals surface area contributed by atoms with Crippen LogP contribution in [0.25, 0.3) is 11.0 Å². The molecule has 2 heteroatoms. The Hall–Kier alpha value is -1.28. The van der Waals surface area contributed by atoms with Gasteiger partial charge in [0.25, 0.3) is 0 Å². The molecule has 1 aromatic carbocycles. The van der Waals surface area contributed by atoms with Gasteiger partial charge in [-0.3, -0.25) is 4.90 Å². The number of fused-ring (bicyclic) bond motifs is 4. The van der Waals surface area contributed by atoms with E-state index in [0.29, 0.717) is 5.92 Å². The minimum absolute atomic E-state index is 0.641. The fraction of sp³-hybridized carbons (Fsp3) is 0.600. The molecule has 3 aliphatic heterocycles. The van der Waals surface area contributed by atoms with Crippen molar-refractivity contribution in [1.29, 1.82) is 0 Å². The molecule has 0 amide bonds. The lowest BCUT2D eigenvalue weighted by Gasteiger charge is -2.52. The third-order valence-corrected chi connectivity index (χ3v) is 6.52. The Kier molecular flexibility index (Phi) is 2.76. The Morgan fingerprint density at radius 3 is 3.05 bits per heavy atom. The smallest absolute Gasteiger partial charge is 0.134 e. The summed E-state index contributed by atoms with van der Waals surface area (Å²) in [6, 6.07) is 7.42. The number of aryl methyl sites for hydroxylation is 1. The maximum absolute atomic E-state index is 6.43. The first kappa shape index (κ1) is 13.2. The van der Waals surface area contributed by atoms with Crippen LogP contribution in [0.15, 0.2) is 22.6 Å². The largest absolute Gasteiger partial charge is 0.460 e. The maximum atomic E-state index is 6.43. The van der Waals surface area contributed by atoms with Crippen molar-refractivity contribution in [2.45, 2.75) is 51.5 Å². The molecule has 2 nitrogen and oxygen atoms in total. The number of piperidine rings is 2. The van der Waals surface area contributed by atoms with Crippen LogP contribution in [0.1, 0.15) is 49.0 Å². The molecule has 22 heavy (non-hydrogen) atoms. The van der Waals surface area contributed by atoms with Crippen molar-refractivity contribution in [3.05, 3.63) is 35.1 Å². The summed E-state index contributed by atoms with van der Waals surface area (Å²) in [5.74, 6) is 3.75. The Balaban J connectivity index is 1.69. The summed E-state index contributed by atoms with van der Waals surface area (Å²) in [6.45, 7) is 7.12. The van der Waals surface area contributed by atoms with Crippen molar-refractivity contribution in [2.75, 3.05) is 13.1 Å². The predicted octanol–water partition coefficient (Wildman–Crippen LogP) is 4.50. The van der Waals surface area contributed by atoms with E-state index in [4.69, 9.17) is 4.42 Å². The van der Waals surface area contributed by atoms with E-state index in [-0.39, 0.29) is 0 Å². The Bertz CT molecular complexity index is 731. The van der Waals surface area contributed by atoms with E-state index in [2.05, 4.69) is 36.9 Å². The third-order valence-electron chi connectivity index (χ3n) is 6.52. The minimum Gasteiger partial charge on any atom is -0.460 e. The van der Waals surface area contributed by atoms with Crippen LogP contribution in [-0.4, -0.2) is 24.0 Å². The first-order chi connectivity index (χ1) is 10.7. The lowest BCUT2D eigenvalue weighted by atomic mass is 9.65. The molecule has 0 radical (unpaired) electrons. The monoisotopic (exact) mass is 295 g/mol. The summed E-state index contributed by atoms with van der Waals surface area (Å²) in [5, 5.41) is 1.38. The molecule has 4 heterocycles. The van der Waals surface area contributed by atoms with Gasteiger partial charge in [-0.05, 0) is 50.2 Å². The Morgan fingerprint density at radius 2 is 2.18 bits per heavy atom. The SMILES string of the molecule is CCC1CC2CC3c4oc5ccc(C)cc5c4CCN(C2)C13. The number of benzene rings is 1. The Morgan fingerprint density at radius 1 is 1.27 bits per heavy atom. The summed E-state index contributed by atoms with van der Waals surface area (Å²) in [7, 11) is 0. The van der Waals surface area contributed by atoms with Crippen LogP contribution in [0.5, 0.6) is 0 Å². The molecule has 1 aromatic heterocycles. The van der Waals surface area contributed by atoms with Gasteiger partial charge in [-0.25, -0.2) is 0 Å². The molecule has 1 saturated carbocycles. The molecule has 1 aliphatic carbocycles. The zero-order valence-corrected chi connectivity index (χ0v) is 13.6. The molecule has 5 atom stereocenters. The molecular weight excluding hydrogens is 270 g/mol. The average Bonchev–Trinajstić information content (AvgIpc) is 2.85. The lowest BCUT2D eigenvalue weighted by Crippen LogP contribution is -2.56. The molecule has 2 saturated heterocycles.